The van der Waals surface area contributed by atoms with Crippen molar-refractivity contribution in [1.82, 2.24) is 5.32 Å². The van der Waals surface area contributed by atoms with Crippen LogP contribution in [-0.2, 0) is 13.2 Å². The molecule has 0 bridgehead atoms. The predicted molar refractivity (Wildman–Crippen MR) is 84.2 cm³/mol. The summed E-state index contributed by atoms with van der Waals surface area (Å²) in [6, 6.07) is 12.8. The highest BCUT2D eigenvalue weighted by atomic mass is 16.5. The van der Waals surface area contributed by atoms with Crippen molar-refractivity contribution < 1.29 is 4.74 Å². The van der Waals surface area contributed by atoms with Crippen molar-refractivity contribution >= 4 is 0 Å². The summed E-state index contributed by atoms with van der Waals surface area (Å²) in [7, 11) is 1.95. The molecule has 0 fully saturated rings. The van der Waals surface area contributed by atoms with E-state index in [1.165, 1.54) is 27.8 Å². The normalized spacial score (nSPS) is 10.6. The van der Waals surface area contributed by atoms with E-state index in [2.05, 4.69) is 62.5 Å². The zero-order chi connectivity index (χ0) is 14.5. The summed E-state index contributed by atoms with van der Waals surface area (Å²) in [5.41, 5.74) is 6.17. The van der Waals surface area contributed by atoms with Gasteiger partial charge in [0.1, 0.15) is 12.4 Å². The van der Waals surface area contributed by atoms with Crippen molar-refractivity contribution in [1.29, 1.82) is 0 Å². The summed E-state index contributed by atoms with van der Waals surface area (Å²) in [5, 5.41) is 3.19. The number of ether oxygens (including phenoxy) is 1. The second kappa shape index (κ2) is 6.58. The van der Waals surface area contributed by atoms with Crippen molar-refractivity contribution in [3.8, 4) is 5.75 Å². The molecule has 20 heavy (non-hydrogen) atoms. The lowest BCUT2D eigenvalue weighted by molar-refractivity contribution is 0.300. The Hall–Kier alpha value is -1.80. The van der Waals surface area contributed by atoms with E-state index in [0.29, 0.717) is 6.61 Å². The summed E-state index contributed by atoms with van der Waals surface area (Å²) >= 11 is 0. The molecule has 0 saturated carbocycles. The minimum atomic E-state index is 0.615. The summed E-state index contributed by atoms with van der Waals surface area (Å²) in [6.07, 6.45) is 0. The Bertz CT molecular complexity index is 570. The maximum Gasteiger partial charge on any atom is 0.127 e. The van der Waals surface area contributed by atoms with Gasteiger partial charge in [-0.1, -0.05) is 47.5 Å². The van der Waals surface area contributed by atoms with Crippen LogP contribution in [0.3, 0.4) is 0 Å². The van der Waals surface area contributed by atoms with E-state index in [4.69, 9.17) is 4.74 Å². The van der Waals surface area contributed by atoms with Crippen molar-refractivity contribution in [2.45, 2.75) is 33.9 Å². The number of benzene rings is 2. The van der Waals surface area contributed by atoms with Gasteiger partial charge in [0.2, 0.25) is 0 Å². The van der Waals surface area contributed by atoms with Gasteiger partial charge in [0, 0.05) is 12.1 Å². The maximum absolute atomic E-state index is 6.08. The average Bonchev–Trinajstić information content (AvgIpc) is 2.37. The Balaban J connectivity index is 2.18. The first-order valence-electron chi connectivity index (χ1n) is 7.03. The fourth-order valence-electron chi connectivity index (χ4n) is 2.56. The summed E-state index contributed by atoms with van der Waals surface area (Å²) < 4.78 is 6.08. The first-order valence-corrected chi connectivity index (χ1v) is 7.03. The van der Waals surface area contributed by atoms with Crippen molar-refractivity contribution in [3.05, 3.63) is 64.2 Å². The van der Waals surface area contributed by atoms with Gasteiger partial charge in [-0.3, -0.25) is 0 Å². The summed E-state index contributed by atoms with van der Waals surface area (Å²) in [5.74, 6) is 1.00. The van der Waals surface area contributed by atoms with Gasteiger partial charge in [0.25, 0.3) is 0 Å². The van der Waals surface area contributed by atoms with E-state index < -0.39 is 0 Å². The molecule has 0 atom stereocenters. The highest BCUT2D eigenvalue weighted by molar-refractivity contribution is 5.41. The molecule has 2 aromatic rings. The monoisotopic (exact) mass is 269 g/mol. The molecule has 1 N–H and O–H groups in total. The van der Waals surface area contributed by atoms with Crippen LogP contribution in [0, 0.1) is 20.8 Å². The van der Waals surface area contributed by atoms with Crippen LogP contribution in [0.15, 0.2) is 36.4 Å². The molecule has 2 heteroatoms. The Morgan fingerprint density at radius 1 is 1.00 bits per heavy atom. The van der Waals surface area contributed by atoms with Crippen molar-refractivity contribution in [2.75, 3.05) is 7.05 Å². The Morgan fingerprint density at radius 3 is 2.35 bits per heavy atom. The van der Waals surface area contributed by atoms with Gasteiger partial charge in [-0.2, -0.15) is 0 Å². The van der Waals surface area contributed by atoms with E-state index in [1.807, 2.05) is 7.05 Å². The molecular weight excluding hydrogens is 246 g/mol. The van der Waals surface area contributed by atoms with Gasteiger partial charge in [0.15, 0.2) is 0 Å². The van der Waals surface area contributed by atoms with Crippen LogP contribution >= 0.6 is 0 Å². The molecule has 2 rings (SSSR count). The Kier molecular flexibility index (Phi) is 4.80. The number of aryl methyl sites for hydroxylation is 3. The number of para-hydroxylation sites is 1. The molecule has 106 valence electrons. The predicted octanol–water partition coefficient (Wildman–Crippen LogP) is 3.91. The van der Waals surface area contributed by atoms with Gasteiger partial charge in [-0.25, -0.2) is 0 Å². The molecule has 0 unspecified atom stereocenters. The van der Waals surface area contributed by atoms with Crippen molar-refractivity contribution in [3.63, 3.8) is 0 Å². The molecular formula is C18H23NO. The van der Waals surface area contributed by atoms with Crippen LogP contribution in [0.25, 0.3) is 0 Å². The molecule has 0 radical (unpaired) electrons. The molecule has 0 aliphatic rings. The second-order valence-corrected chi connectivity index (χ2v) is 5.38. The zero-order valence-corrected chi connectivity index (χ0v) is 12.8. The minimum absolute atomic E-state index is 0.615. The van der Waals surface area contributed by atoms with Gasteiger partial charge in [0.05, 0.1) is 0 Å². The topological polar surface area (TPSA) is 21.3 Å². The molecule has 0 amide bonds. The van der Waals surface area contributed by atoms with Gasteiger partial charge in [-0.15, -0.1) is 0 Å². The van der Waals surface area contributed by atoms with Gasteiger partial charge >= 0.3 is 0 Å². The molecule has 0 spiro atoms. The van der Waals surface area contributed by atoms with Gasteiger partial charge in [-0.05, 0) is 38.9 Å². The van der Waals surface area contributed by atoms with E-state index in [1.54, 1.807) is 0 Å². The van der Waals surface area contributed by atoms with E-state index in [0.717, 1.165) is 12.3 Å². The quantitative estimate of drug-likeness (QED) is 0.888. The van der Waals surface area contributed by atoms with Gasteiger partial charge < -0.3 is 10.1 Å². The lowest BCUT2D eigenvalue weighted by atomic mass is 10.1. The van der Waals surface area contributed by atoms with E-state index in [-0.39, 0.29) is 0 Å². The van der Waals surface area contributed by atoms with Crippen molar-refractivity contribution in [2.24, 2.45) is 0 Å². The van der Waals surface area contributed by atoms with E-state index in [9.17, 15) is 0 Å². The highest BCUT2D eigenvalue weighted by Gasteiger charge is 2.07. The number of hydrogen-bond acceptors (Lipinski definition) is 2. The Morgan fingerprint density at radius 2 is 1.70 bits per heavy atom. The third-order valence-corrected chi connectivity index (χ3v) is 3.33. The molecule has 0 heterocycles. The van der Waals surface area contributed by atoms with Crippen LogP contribution in [0.4, 0.5) is 0 Å². The highest BCUT2D eigenvalue weighted by Crippen LogP contribution is 2.24. The van der Waals surface area contributed by atoms with Crippen LogP contribution in [0.2, 0.25) is 0 Å². The smallest absolute Gasteiger partial charge is 0.127 e. The lowest BCUT2D eigenvalue weighted by Gasteiger charge is -2.14. The molecule has 0 aliphatic carbocycles. The molecule has 0 aromatic heterocycles. The fourth-order valence-corrected chi connectivity index (χ4v) is 2.56. The van der Waals surface area contributed by atoms with Crippen LogP contribution in [0.1, 0.15) is 27.8 Å². The SMILES string of the molecule is CNCc1cccc(C)c1OCc1cc(C)cc(C)c1. The number of nitrogens with one attached hydrogen (secondary N) is 1. The number of rotatable bonds is 5. The Labute approximate surface area is 121 Å². The van der Waals surface area contributed by atoms with Crippen LogP contribution < -0.4 is 10.1 Å². The summed E-state index contributed by atoms with van der Waals surface area (Å²) in [6.45, 7) is 7.78. The van der Waals surface area contributed by atoms with E-state index >= 15 is 0 Å². The third kappa shape index (κ3) is 3.61. The molecule has 2 aromatic carbocycles. The molecule has 0 aliphatic heterocycles. The largest absolute Gasteiger partial charge is 0.488 e. The molecule has 2 nitrogen and oxygen atoms in total. The zero-order valence-electron chi connectivity index (χ0n) is 12.8. The molecule has 0 saturated heterocycles. The summed E-state index contributed by atoms with van der Waals surface area (Å²) in [4.78, 5) is 0. The lowest BCUT2D eigenvalue weighted by Crippen LogP contribution is -2.08. The minimum Gasteiger partial charge on any atom is -0.488 e. The first-order chi connectivity index (χ1) is 9.60. The third-order valence-electron chi connectivity index (χ3n) is 3.33. The number of hydrogen-bond donors (Lipinski definition) is 1. The average molecular weight is 269 g/mol. The first kappa shape index (κ1) is 14.6. The standard InChI is InChI=1S/C18H23NO/c1-13-8-14(2)10-16(9-13)12-20-18-15(3)6-5-7-17(18)11-19-4/h5-10,19H,11-12H2,1-4H3. The fraction of sp³-hybridized carbons (Fsp3) is 0.333. The van der Waals surface area contributed by atoms with Crippen LogP contribution in [0.5, 0.6) is 5.75 Å². The van der Waals surface area contributed by atoms with Crippen LogP contribution in [-0.4, -0.2) is 7.05 Å². The maximum atomic E-state index is 6.08. The second-order valence-electron chi connectivity index (χ2n) is 5.38.